The summed E-state index contributed by atoms with van der Waals surface area (Å²) in [6.45, 7) is 4.35. The van der Waals surface area contributed by atoms with Crippen LogP contribution in [-0.2, 0) is 6.54 Å². The summed E-state index contributed by atoms with van der Waals surface area (Å²) in [6.07, 6.45) is 2.72. The Morgan fingerprint density at radius 3 is 2.82 bits per heavy atom. The minimum absolute atomic E-state index is 0.559. The Morgan fingerprint density at radius 1 is 1.35 bits per heavy atom. The highest BCUT2D eigenvalue weighted by Gasteiger charge is 2.36. The zero-order valence-electron chi connectivity index (χ0n) is 9.92. The molecule has 1 heterocycles. The molecular formula is C14H16ClNS. The van der Waals surface area contributed by atoms with E-state index in [1.165, 1.54) is 27.8 Å². The second-order valence-electron chi connectivity index (χ2n) is 5.25. The van der Waals surface area contributed by atoms with Gasteiger partial charge in [0.2, 0.25) is 0 Å². The van der Waals surface area contributed by atoms with Gasteiger partial charge in [0, 0.05) is 28.1 Å². The number of rotatable bonds is 4. The standard InChI is InChI=1S/C14H16ClNS/c1-14(6-7-14)9-16-8-12-13(15)10-4-2-3-5-11(10)17-12/h2-5,16H,6-9H2,1H3. The summed E-state index contributed by atoms with van der Waals surface area (Å²) in [4.78, 5) is 1.26. The van der Waals surface area contributed by atoms with Crippen LogP contribution in [0.5, 0.6) is 0 Å². The van der Waals surface area contributed by atoms with Crippen LogP contribution < -0.4 is 5.32 Å². The van der Waals surface area contributed by atoms with Crippen LogP contribution in [0.2, 0.25) is 5.02 Å². The monoisotopic (exact) mass is 265 g/mol. The van der Waals surface area contributed by atoms with Gasteiger partial charge in [-0.2, -0.15) is 0 Å². The minimum Gasteiger partial charge on any atom is -0.311 e. The van der Waals surface area contributed by atoms with E-state index in [4.69, 9.17) is 11.6 Å². The molecule has 0 unspecified atom stereocenters. The molecule has 0 radical (unpaired) electrons. The molecule has 1 nitrogen and oxygen atoms in total. The molecule has 1 N–H and O–H groups in total. The summed E-state index contributed by atoms with van der Waals surface area (Å²) in [7, 11) is 0. The maximum Gasteiger partial charge on any atom is 0.0636 e. The van der Waals surface area contributed by atoms with Crippen LogP contribution >= 0.6 is 22.9 Å². The molecule has 0 aliphatic heterocycles. The molecule has 1 aliphatic rings. The lowest BCUT2D eigenvalue weighted by Crippen LogP contribution is -2.21. The summed E-state index contributed by atoms with van der Waals surface area (Å²) < 4.78 is 1.28. The van der Waals surface area contributed by atoms with Crippen molar-refractivity contribution in [3.63, 3.8) is 0 Å². The van der Waals surface area contributed by atoms with E-state index in [9.17, 15) is 0 Å². The summed E-state index contributed by atoms with van der Waals surface area (Å²) in [5, 5.41) is 5.65. The number of benzene rings is 1. The van der Waals surface area contributed by atoms with Crippen LogP contribution in [0, 0.1) is 5.41 Å². The maximum absolute atomic E-state index is 6.39. The predicted octanol–water partition coefficient (Wildman–Crippen LogP) is 4.44. The highest BCUT2D eigenvalue weighted by Crippen LogP contribution is 2.44. The first-order chi connectivity index (χ1) is 8.18. The zero-order chi connectivity index (χ0) is 11.9. The summed E-state index contributed by atoms with van der Waals surface area (Å²) in [5.41, 5.74) is 0.559. The molecule has 0 amide bonds. The second kappa shape index (κ2) is 4.27. The Balaban J connectivity index is 1.74. The Hall–Kier alpha value is -0.570. The first-order valence-electron chi connectivity index (χ1n) is 6.05. The molecule has 0 bridgehead atoms. The highest BCUT2D eigenvalue weighted by atomic mass is 35.5. The lowest BCUT2D eigenvalue weighted by Gasteiger charge is -2.08. The number of halogens is 1. The van der Waals surface area contributed by atoms with Gasteiger partial charge in [-0.05, 0) is 24.3 Å². The van der Waals surface area contributed by atoms with Gasteiger partial charge >= 0.3 is 0 Å². The normalized spacial score (nSPS) is 17.5. The van der Waals surface area contributed by atoms with Gasteiger partial charge in [0.15, 0.2) is 0 Å². The molecule has 0 saturated heterocycles. The van der Waals surface area contributed by atoms with Crippen molar-refractivity contribution < 1.29 is 0 Å². The van der Waals surface area contributed by atoms with Gasteiger partial charge in [0.1, 0.15) is 0 Å². The molecule has 90 valence electrons. The van der Waals surface area contributed by atoms with Crippen molar-refractivity contribution in [1.29, 1.82) is 0 Å². The fourth-order valence-corrected chi connectivity index (χ4v) is 3.52. The van der Waals surface area contributed by atoms with E-state index in [-0.39, 0.29) is 0 Å². The van der Waals surface area contributed by atoms with E-state index < -0.39 is 0 Å². The van der Waals surface area contributed by atoms with E-state index in [0.717, 1.165) is 18.1 Å². The zero-order valence-corrected chi connectivity index (χ0v) is 11.5. The van der Waals surface area contributed by atoms with Gasteiger partial charge in [0.25, 0.3) is 0 Å². The van der Waals surface area contributed by atoms with Crippen LogP contribution in [0.15, 0.2) is 24.3 Å². The smallest absolute Gasteiger partial charge is 0.0636 e. The Kier molecular flexibility index (Phi) is 2.89. The summed E-state index contributed by atoms with van der Waals surface area (Å²) >= 11 is 8.19. The minimum atomic E-state index is 0.559. The third kappa shape index (κ3) is 2.35. The molecule has 3 rings (SSSR count). The van der Waals surface area contributed by atoms with Crippen LogP contribution in [0.1, 0.15) is 24.6 Å². The van der Waals surface area contributed by atoms with Crippen LogP contribution in [0.4, 0.5) is 0 Å². The molecule has 1 aromatic carbocycles. The van der Waals surface area contributed by atoms with Gasteiger partial charge in [0.05, 0.1) is 5.02 Å². The SMILES string of the molecule is CC1(CNCc2sc3ccccc3c2Cl)CC1. The average molecular weight is 266 g/mol. The number of thiophene rings is 1. The Morgan fingerprint density at radius 2 is 2.12 bits per heavy atom. The molecular weight excluding hydrogens is 250 g/mol. The fourth-order valence-electron chi connectivity index (χ4n) is 2.05. The van der Waals surface area contributed by atoms with Gasteiger partial charge < -0.3 is 5.32 Å². The number of fused-ring (bicyclic) bond motifs is 1. The maximum atomic E-state index is 6.39. The molecule has 1 aliphatic carbocycles. The van der Waals surface area contributed by atoms with E-state index in [2.05, 4.69) is 30.4 Å². The number of hydrogen-bond donors (Lipinski definition) is 1. The third-order valence-electron chi connectivity index (χ3n) is 3.54. The topological polar surface area (TPSA) is 12.0 Å². The second-order valence-corrected chi connectivity index (χ2v) is 6.76. The van der Waals surface area contributed by atoms with Crippen LogP contribution in [0.3, 0.4) is 0 Å². The lowest BCUT2D eigenvalue weighted by atomic mass is 10.1. The quantitative estimate of drug-likeness (QED) is 0.862. The van der Waals surface area contributed by atoms with Crippen LogP contribution in [0.25, 0.3) is 10.1 Å². The molecule has 1 saturated carbocycles. The third-order valence-corrected chi connectivity index (χ3v) is 5.26. The van der Waals surface area contributed by atoms with E-state index in [0.29, 0.717) is 5.41 Å². The summed E-state index contributed by atoms with van der Waals surface area (Å²) in [6, 6.07) is 8.35. The number of nitrogens with one attached hydrogen (secondary N) is 1. The van der Waals surface area contributed by atoms with E-state index in [1.54, 1.807) is 11.3 Å². The molecule has 1 aromatic heterocycles. The van der Waals surface area contributed by atoms with Crippen molar-refractivity contribution in [3.05, 3.63) is 34.2 Å². The van der Waals surface area contributed by atoms with Crippen molar-refractivity contribution in [2.45, 2.75) is 26.3 Å². The Bertz CT molecular complexity index is 542. The van der Waals surface area contributed by atoms with E-state index >= 15 is 0 Å². The summed E-state index contributed by atoms with van der Waals surface area (Å²) in [5.74, 6) is 0. The fraction of sp³-hybridized carbons (Fsp3) is 0.429. The molecule has 2 aromatic rings. The molecule has 0 atom stereocenters. The van der Waals surface area contributed by atoms with Gasteiger partial charge in [-0.25, -0.2) is 0 Å². The van der Waals surface area contributed by atoms with Gasteiger partial charge in [-0.3, -0.25) is 0 Å². The average Bonchev–Trinajstić information content (AvgIpc) is 2.97. The largest absolute Gasteiger partial charge is 0.311 e. The van der Waals surface area contributed by atoms with Crippen molar-refractivity contribution in [1.82, 2.24) is 5.32 Å². The Labute approximate surface area is 111 Å². The van der Waals surface area contributed by atoms with Crippen molar-refractivity contribution in [2.24, 2.45) is 5.41 Å². The molecule has 0 spiro atoms. The lowest BCUT2D eigenvalue weighted by molar-refractivity contribution is 0.501. The van der Waals surface area contributed by atoms with Gasteiger partial charge in [-0.1, -0.05) is 36.7 Å². The molecule has 17 heavy (non-hydrogen) atoms. The van der Waals surface area contributed by atoms with Crippen molar-refractivity contribution in [3.8, 4) is 0 Å². The molecule has 3 heteroatoms. The first kappa shape index (κ1) is 11.5. The van der Waals surface area contributed by atoms with Crippen LogP contribution in [-0.4, -0.2) is 6.54 Å². The predicted molar refractivity (Wildman–Crippen MR) is 75.9 cm³/mol. The number of hydrogen-bond acceptors (Lipinski definition) is 2. The van der Waals surface area contributed by atoms with E-state index in [1.807, 2.05) is 6.07 Å². The first-order valence-corrected chi connectivity index (χ1v) is 7.24. The van der Waals surface area contributed by atoms with Gasteiger partial charge in [-0.15, -0.1) is 11.3 Å². The highest BCUT2D eigenvalue weighted by molar-refractivity contribution is 7.19. The van der Waals surface area contributed by atoms with Crippen molar-refractivity contribution >= 4 is 33.0 Å². The van der Waals surface area contributed by atoms with Crippen molar-refractivity contribution in [2.75, 3.05) is 6.54 Å². The molecule has 1 fully saturated rings.